The molecule has 0 N–H and O–H groups in total. The Morgan fingerprint density at radius 3 is 2.49 bits per heavy atom. The molecule has 9 heteroatoms. The van der Waals surface area contributed by atoms with Gasteiger partial charge in [-0.3, -0.25) is 9.69 Å². The Bertz CT molecular complexity index is 1460. The van der Waals surface area contributed by atoms with Crippen LogP contribution in [0.1, 0.15) is 52.1 Å². The van der Waals surface area contributed by atoms with Crippen molar-refractivity contribution in [2.45, 2.75) is 57.5 Å². The van der Waals surface area contributed by atoms with Gasteiger partial charge in [0, 0.05) is 50.1 Å². The van der Waals surface area contributed by atoms with E-state index in [0.717, 1.165) is 35.2 Å². The van der Waals surface area contributed by atoms with Crippen molar-refractivity contribution >= 4 is 27.3 Å². The SMILES string of the molecule is Cc1cc(C)c(S(=O)(=O)N2CCN(C(=O)CCN3CCc4sccc4[C@H]3c3cccc(F)c3)C[C@@H]2C)c(C)c1. The summed E-state index contributed by atoms with van der Waals surface area (Å²) >= 11 is 1.73. The van der Waals surface area contributed by atoms with Gasteiger partial charge in [-0.25, -0.2) is 12.8 Å². The first-order valence-electron chi connectivity index (χ1n) is 13.5. The van der Waals surface area contributed by atoms with Crippen LogP contribution in [0.15, 0.2) is 52.7 Å². The van der Waals surface area contributed by atoms with Crippen molar-refractivity contribution in [2.75, 3.05) is 32.7 Å². The minimum atomic E-state index is -3.67. The Morgan fingerprint density at radius 2 is 1.79 bits per heavy atom. The van der Waals surface area contributed by atoms with Crippen LogP contribution in [0.25, 0.3) is 0 Å². The molecule has 3 aromatic rings. The van der Waals surface area contributed by atoms with E-state index in [2.05, 4.69) is 16.3 Å². The highest BCUT2D eigenvalue weighted by molar-refractivity contribution is 7.89. The number of amides is 1. The van der Waals surface area contributed by atoms with E-state index in [1.807, 2.05) is 45.9 Å². The van der Waals surface area contributed by atoms with Gasteiger partial charge in [0.2, 0.25) is 15.9 Å². The molecule has 1 fully saturated rings. The number of hydrogen-bond donors (Lipinski definition) is 0. The third kappa shape index (κ3) is 5.55. The summed E-state index contributed by atoms with van der Waals surface area (Å²) in [5, 5.41) is 2.08. The number of hydrogen-bond acceptors (Lipinski definition) is 5. The van der Waals surface area contributed by atoms with Crippen LogP contribution < -0.4 is 0 Å². The van der Waals surface area contributed by atoms with E-state index in [1.165, 1.54) is 16.5 Å². The normalized spacial score (nSPS) is 20.7. The van der Waals surface area contributed by atoms with E-state index < -0.39 is 10.0 Å². The van der Waals surface area contributed by atoms with Gasteiger partial charge in [0.15, 0.2) is 0 Å². The van der Waals surface area contributed by atoms with Gasteiger partial charge in [0.1, 0.15) is 5.82 Å². The maximum atomic E-state index is 14.1. The van der Waals surface area contributed by atoms with Crippen LogP contribution in [0.3, 0.4) is 0 Å². The maximum Gasteiger partial charge on any atom is 0.243 e. The lowest BCUT2D eigenvalue weighted by Gasteiger charge is -2.40. The predicted octanol–water partition coefficient (Wildman–Crippen LogP) is 5.07. The molecule has 0 aliphatic carbocycles. The fraction of sp³-hybridized carbons (Fsp3) is 0.433. The molecule has 3 heterocycles. The molecule has 2 aliphatic rings. The average molecular weight is 570 g/mol. The lowest BCUT2D eigenvalue weighted by Crippen LogP contribution is -2.55. The van der Waals surface area contributed by atoms with Crippen molar-refractivity contribution in [2.24, 2.45) is 0 Å². The summed E-state index contributed by atoms with van der Waals surface area (Å²) in [7, 11) is -3.67. The first-order chi connectivity index (χ1) is 18.6. The van der Waals surface area contributed by atoms with Gasteiger partial charge in [-0.1, -0.05) is 29.8 Å². The molecule has 0 bridgehead atoms. The number of piperazine rings is 1. The molecule has 1 aromatic heterocycles. The molecule has 1 saturated heterocycles. The Balaban J connectivity index is 1.26. The van der Waals surface area contributed by atoms with Crippen LogP contribution in [-0.4, -0.2) is 67.2 Å². The van der Waals surface area contributed by atoms with Crippen LogP contribution in [0.2, 0.25) is 0 Å². The lowest BCUT2D eigenvalue weighted by atomic mass is 9.93. The van der Waals surface area contributed by atoms with E-state index >= 15 is 0 Å². The fourth-order valence-corrected chi connectivity index (χ4v) is 9.22. The molecule has 0 saturated carbocycles. The second kappa shape index (κ2) is 11.1. The van der Waals surface area contributed by atoms with E-state index in [-0.39, 0.29) is 30.4 Å². The molecule has 5 rings (SSSR count). The number of fused-ring (bicyclic) bond motifs is 1. The summed E-state index contributed by atoms with van der Waals surface area (Å²) in [6.07, 6.45) is 1.25. The van der Waals surface area contributed by atoms with Crippen LogP contribution >= 0.6 is 11.3 Å². The zero-order valence-corrected chi connectivity index (χ0v) is 24.6. The maximum absolute atomic E-state index is 14.1. The van der Waals surface area contributed by atoms with E-state index in [9.17, 15) is 17.6 Å². The summed E-state index contributed by atoms with van der Waals surface area (Å²) in [5.74, 6) is -0.237. The van der Waals surface area contributed by atoms with E-state index in [4.69, 9.17) is 0 Å². The van der Waals surface area contributed by atoms with Gasteiger partial charge < -0.3 is 4.90 Å². The van der Waals surface area contributed by atoms with Gasteiger partial charge in [0.25, 0.3) is 0 Å². The van der Waals surface area contributed by atoms with Gasteiger partial charge >= 0.3 is 0 Å². The second-order valence-corrected chi connectivity index (χ2v) is 13.7. The molecule has 208 valence electrons. The zero-order chi connectivity index (χ0) is 27.9. The molecule has 0 spiro atoms. The molecular weight excluding hydrogens is 533 g/mol. The lowest BCUT2D eigenvalue weighted by molar-refractivity contribution is -0.133. The Morgan fingerprint density at radius 1 is 1.05 bits per heavy atom. The first kappa shape index (κ1) is 28.0. The van der Waals surface area contributed by atoms with Crippen molar-refractivity contribution in [1.29, 1.82) is 0 Å². The summed E-state index contributed by atoms with van der Waals surface area (Å²) in [5.41, 5.74) is 4.63. The summed E-state index contributed by atoms with van der Waals surface area (Å²) in [6, 6.07) is 12.3. The Hall–Kier alpha value is -2.59. The predicted molar refractivity (Wildman–Crippen MR) is 153 cm³/mol. The molecule has 2 aliphatic heterocycles. The molecule has 39 heavy (non-hydrogen) atoms. The highest BCUT2D eigenvalue weighted by atomic mass is 32.2. The number of sulfonamides is 1. The number of nitrogens with zero attached hydrogens (tertiary/aromatic N) is 3. The summed E-state index contributed by atoms with van der Waals surface area (Å²) < 4.78 is 42.9. The molecule has 2 atom stereocenters. The van der Waals surface area contributed by atoms with Gasteiger partial charge in [-0.2, -0.15) is 4.31 Å². The van der Waals surface area contributed by atoms with Crippen molar-refractivity contribution in [1.82, 2.24) is 14.1 Å². The minimum absolute atomic E-state index is 0.0238. The fourth-order valence-electron chi connectivity index (χ4n) is 6.29. The molecule has 0 unspecified atom stereocenters. The monoisotopic (exact) mass is 569 g/mol. The molecule has 1 amide bonds. The number of halogens is 1. The van der Waals surface area contributed by atoms with Gasteiger partial charge in [0.05, 0.1) is 10.9 Å². The summed E-state index contributed by atoms with van der Waals surface area (Å²) in [6.45, 7) is 9.89. The largest absolute Gasteiger partial charge is 0.340 e. The van der Waals surface area contributed by atoms with Crippen molar-refractivity contribution in [3.05, 3.63) is 86.4 Å². The second-order valence-electron chi connectivity index (χ2n) is 10.8. The topological polar surface area (TPSA) is 60.9 Å². The Kier molecular flexibility index (Phi) is 7.97. The van der Waals surface area contributed by atoms with Gasteiger partial charge in [-0.15, -0.1) is 11.3 Å². The number of benzene rings is 2. The van der Waals surface area contributed by atoms with Crippen molar-refractivity contribution < 1.29 is 17.6 Å². The van der Waals surface area contributed by atoms with Crippen LogP contribution in [-0.2, 0) is 21.2 Å². The number of aryl methyl sites for hydroxylation is 3. The van der Waals surface area contributed by atoms with Crippen LogP contribution in [0.5, 0.6) is 0 Å². The number of carbonyl (C=O) groups is 1. The smallest absolute Gasteiger partial charge is 0.243 e. The highest BCUT2D eigenvalue weighted by Gasteiger charge is 2.37. The standard InChI is InChI=1S/C30H36FN3O3S2/c1-20-16-21(2)30(22(3)17-20)39(36,37)34-14-13-33(19-23(34)4)28(35)9-12-32-11-8-27-26(10-15-38-27)29(32)24-6-5-7-25(31)18-24/h5-7,10,15-18,23,29H,8-9,11-14,19H2,1-4H3/t23-,29+/m0/s1. The van der Waals surface area contributed by atoms with E-state index in [0.29, 0.717) is 31.0 Å². The average Bonchev–Trinajstić information content (AvgIpc) is 3.34. The first-order valence-corrected chi connectivity index (χ1v) is 15.8. The number of carbonyl (C=O) groups excluding carboxylic acids is 1. The minimum Gasteiger partial charge on any atom is -0.340 e. The van der Waals surface area contributed by atoms with Crippen molar-refractivity contribution in [3.8, 4) is 0 Å². The summed E-state index contributed by atoms with van der Waals surface area (Å²) in [4.78, 5) is 19.1. The van der Waals surface area contributed by atoms with Gasteiger partial charge in [-0.05, 0) is 79.9 Å². The highest BCUT2D eigenvalue weighted by Crippen LogP contribution is 2.38. The molecule has 2 aromatic carbocycles. The zero-order valence-electron chi connectivity index (χ0n) is 23.0. The van der Waals surface area contributed by atoms with E-state index in [1.54, 1.807) is 32.7 Å². The Labute approximate surface area is 235 Å². The van der Waals surface area contributed by atoms with Crippen LogP contribution in [0, 0.1) is 26.6 Å². The number of rotatable bonds is 6. The molecular formula is C30H36FN3O3S2. The third-order valence-corrected chi connectivity index (χ3v) is 11.2. The molecule has 6 nitrogen and oxygen atoms in total. The van der Waals surface area contributed by atoms with Crippen LogP contribution in [0.4, 0.5) is 4.39 Å². The number of thiophene rings is 1. The van der Waals surface area contributed by atoms with Crippen molar-refractivity contribution in [3.63, 3.8) is 0 Å². The quantitative estimate of drug-likeness (QED) is 0.416. The third-order valence-electron chi connectivity index (χ3n) is 7.93. The molecule has 0 radical (unpaired) electrons.